The molecular formula is C25H33N5O8. The molecule has 6 N–H and O–H groups in total. The lowest BCUT2D eigenvalue weighted by Gasteiger charge is -2.20. The lowest BCUT2D eigenvalue weighted by molar-refractivity contribution is -0.139. The Kier molecular flexibility index (Phi) is 11.1. The van der Waals surface area contributed by atoms with Gasteiger partial charge in [0.25, 0.3) is 5.91 Å². The summed E-state index contributed by atoms with van der Waals surface area (Å²) in [6.45, 7) is 5.79. The van der Waals surface area contributed by atoms with Crippen LogP contribution in [0.15, 0.2) is 42.7 Å². The molecule has 0 fully saturated rings. The summed E-state index contributed by atoms with van der Waals surface area (Å²) in [7, 11) is 0. The molecule has 4 amide bonds. The molecule has 1 atom stereocenters. The van der Waals surface area contributed by atoms with Gasteiger partial charge in [-0.25, -0.2) is 14.4 Å². The average Bonchev–Trinajstić information content (AvgIpc) is 2.86. The van der Waals surface area contributed by atoms with E-state index >= 15 is 0 Å². The molecule has 0 spiro atoms. The highest BCUT2D eigenvalue weighted by atomic mass is 16.5. The number of carbonyl (C=O) groups is 4. The largest absolute Gasteiger partial charge is 0.507 e. The number of benzene rings is 1. The third kappa shape index (κ3) is 11.0. The molecule has 2 rings (SSSR count). The molecule has 0 aliphatic heterocycles. The number of ether oxygens (including phenoxy) is 2. The Morgan fingerprint density at radius 1 is 1.08 bits per heavy atom. The van der Waals surface area contributed by atoms with Gasteiger partial charge in [0.1, 0.15) is 24.1 Å². The van der Waals surface area contributed by atoms with E-state index in [-0.39, 0.29) is 42.5 Å². The summed E-state index contributed by atoms with van der Waals surface area (Å²) in [5, 5.41) is 29.4. The Bertz CT molecular complexity index is 1100. The molecule has 1 aromatic carbocycles. The number of phenols is 1. The number of carboxylic acids is 1. The number of hydrogen-bond acceptors (Lipinski definition) is 8. The van der Waals surface area contributed by atoms with Crippen molar-refractivity contribution in [2.75, 3.05) is 26.3 Å². The summed E-state index contributed by atoms with van der Waals surface area (Å²) >= 11 is 0. The van der Waals surface area contributed by atoms with Crippen LogP contribution in [0.1, 0.15) is 36.7 Å². The van der Waals surface area contributed by atoms with E-state index in [0.717, 1.165) is 5.56 Å². The molecule has 0 saturated carbocycles. The number of nitrogens with zero attached hydrogens (tertiary/aromatic N) is 1. The monoisotopic (exact) mass is 531 g/mol. The highest BCUT2D eigenvalue weighted by Crippen LogP contribution is 2.23. The molecule has 0 radical (unpaired) electrons. The summed E-state index contributed by atoms with van der Waals surface area (Å²) < 4.78 is 10.5. The van der Waals surface area contributed by atoms with Gasteiger partial charge in [-0.3, -0.25) is 9.78 Å². The minimum atomic E-state index is -1.44. The summed E-state index contributed by atoms with van der Waals surface area (Å²) in [5.74, 6) is -2.27. The Morgan fingerprint density at radius 2 is 1.84 bits per heavy atom. The van der Waals surface area contributed by atoms with Crippen LogP contribution in [0.25, 0.3) is 0 Å². The van der Waals surface area contributed by atoms with E-state index in [9.17, 15) is 29.4 Å². The van der Waals surface area contributed by atoms with Crippen molar-refractivity contribution in [2.45, 2.75) is 33.4 Å². The van der Waals surface area contributed by atoms with Crippen LogP contribution in [0.5, 0.6) is 11.5 Å². The van der Waals surface area contributed by atoms with E-state index < -0.39 is 36.3 Å². The lowest BCUT2D eigenvalue weighted by atomic mass is 9.99. The van der Waals surface area contributed by atoms with Gasteiger partial charge in [-0.2, -0.15) is 0 Å². The summed E-state index contributed by atoms with van der Waals surface area (Å²) in [5.41, 5.74) is 0.431. The number of amides is 4. The van der Waals surface area contributed by atoms with Crippen molar-refractivity contribution in [2.24, 2.45) is 5.41 Å². The summed E-state index contributed by atoms with van der Waals surface area (Å²) in [6.07, 6.45) is 2.36. The first-order chi connectivity index (χ1) is 17.9. The smallest absolute Gasteiger partial charge is 0.407 e. The Morgan fingerprint density at radius 3 is 2.47 bits per heavy atom. The number of alkyl carbamates (subject to hydrolysis) is 1. The first-order valence-electron chi connectivity index (χ1n) is 11.8. The van der Waals surface area contributed by atoms with Crippen molar-refractivity contribution in [3.8, 4) is 11.5 Å². The molecule has 13 nitrogen and oxygen atoms in total. The lowest BCUT2D eigenvalue weighted by Crippen LogP contribution is -2.48. The molecule has 0 saturated heterocycles. The topological polar surface area (TPSA) is 188 Å². The number of carbonyl (C=O) groups excluding carboxylic acids is 3. The maximum absolute atomic E-state index is 12.4. The first kappa shape index (κ1) is 29.7. The van der Waals surface area contributed by atoms with E-state index in [1.54, 1.807) is 18.5 Å². The predicted octanol–water partition coefficient (Wildman–Crippen LogP) is 1.62. The third-order valence-electron chi connectivity index (χ3n) is 4.74. The second kappa shape index (κ2) is 14.3. The van der Waals surface area contributed by atoms with Crippen LogP contribution >= 0.6 is 0 Å². The number of pyridine rings is 1. The van der Waals surface area contributed by atoms with Gasteiger partial charge in [-0.1, -0.05) is 26.8 Å². The number of hydrogen-bond donors (Lipinski definition) is 6. The van der Waals surface area contributed by atoms with Gasteiger partial charge in [-0.15, -0.1) is 0 Å². The minimum absolute atomic E-state index is 0.0786. The predicted molar refractivity (Wildman–Crippen MR) is 136 cm³/mol. The Balaban J connectivity index is 1.76. The number of rotatable bonds is 12. The van der Waals surface area contributed by atoms with Crippen molar-refractivity contribution < 1.29 is 38.9 Å². The summed E-state index contributed by atoms with van der Waals surface area (Å²) in [6, 6.07) is 5.73. The molecule has 0 unspecified atom stereocenters. The van der Waals surface area contributed by atoms with Crippen LogP contribution in [-0.2, 0) is 16.1 Å². The normalized spacial score (nSPS) is 11.6. The summed E-state index contributed by atoms with van der Waals surface area (Å²) in [4.78, 5) is 51.5. The second-order valence-electron chi connectivity index (χ2n) is 9.38. The standard InChI is InChI=1S/C25H33N5O8/c1-25(2,3)15-38-24(36)30-19(22(33)34)14-28-21(32)18-7-6-17(11-20(18)31)37-10-9-27-23(35)29-13-16-5-4-8-26-12-16/h4-8,11-12,19,31H,9-10,13-15H2,1-3H3,(H,28,32)(H,30,36)(H,33,34)(H2,27,29,35)/t19-/m0/s1. The van der Waals surface area contributed by atoms with Crippen molar-refractivity contribution >= 4 is 24.0 Å². The van der Waals surface area contributed by atoms with Gasteiger partial charge in [0, 0.05) is 31.5 Å². The highest BCUT2D eigenvalue weighted by Gasteiger charge is 2.23. The molecule has 1 heterocycles. The van der Waals surface area contributed by atoms with Gasteiger partial charge in [0.05, 0.1) is 18.7 Å². The van der Waals surface area contributed by atoms with Crippen molar-refractivity contribution in [1.82, 2.24) is 26.3 Å². The van der Waals surface area contributed by atoms with Gasteiger partial charge in [0.2, 0.25) is 0 Å². The number of phenolic OH excluding ortho intramolecular Hbond substituents is 1. The number of aromatic nitrogens is 1. The zero-order valence-corrected chi connectivity index (χ0v) is 21.4. The SMILES string of the molecule is CC(C)(C)COC(=O)N[C@@H](CNC(=O)c1ccc(OCCNC(=O)NCc2cccnc2)cc1O)C(=O)O. The van der Waals surface area contributed by atoms with Gasteiger partial charge < -0.3 is 41.0 Å². The molecular weight excluding hydrogens is 498 g/mol. The Labute approximate surface area is 219 Å². The second-order valence-corrected chi connectivity index (χ2v) is 9.38. The number of aromatic hydroxyl groups is 1. The van der Waals surface area contributed by atoms with Gasteiger partial charge >= 0.3 is 18.1 Å². The third-order valence-corrected chi connectivity index (χ3v) is 4.74. The van der Waals surface area contributed by atoms with Crippen molar-refractivity contribution in [3.63, 3.8) is 0 Å². The number of nitrogens with one attached hydrogen (secondary N) is 4. The van der Waals surface area contributed by atoms with Crippen LogP contribution in [0.2, 0.25) is 0 Å². The van der Waals surface area contributed by atoms with Crippen molar-refractivity contribution in [1.29, 1.82) is 0 Å². The number of urea groups is 1. The molecule has 206 valence electrons. The molecule has 2 aromatic rings. The maximum atomic E-state index is 12.4. The van der Waals surface area contributed by atoms with E-state index in [2.05, 4.69) is 26.3 Å². The average molecular weight is 532 g/mol. The van der Waals surface area contributed by atoms with Crippen molar-refractivity contribution in [3.05, 3.63) is 53.9 Å². The molecule has 0 aliphatic carbocycles. The highest BCUT2D eigenvalue weighted by molar-refractivity contribution is 5.97. The van der Waals surface area contributed by atoms with E-state index in [1.807, 2.05) is 26.8 Å². The number of carboxylic acid groups (broad SMARTS) is 1. The van der Waals surface area contributed by atoms with Crippen LogP contribution < -0.4 is 26.0 Å². The van der Waals surface area contributed by atoms with Crippen LogP contribution in [0.3, 0.4) is 0 Å². The Hall–Kier alpha value is -4.55. The fourth-order valence-electron chi connectivity index (χ4n) is 2.83. The zero-order chi connectivity index (χ0) is 28.1. The molecule has 38 heavy (non-hydrogen) atoms. The van der Waals surface area contributed by atoms with Gasteiger partial charge in [-0.05, 0) is 29.2 Å². The van der Waals surface area contributed by atoms with Crippen LogP contribution in [0.4, 0.5) is 9.59 Å². The fraction of sp³-hybridized carbons (Fsp3) is 0.400. The molecule has 13 heteroatoms. The zero-order valence-electron chi connectivity index (χ0n) is 21.4. The number of aliphatic carboxylic acids is 1. The molecule has 0 bridgehead atoms. The van der Waals surface area contributed by atoms with Crippen LogP contribution in [-0.4, -0.2) is 71.5 Å². The minimum Gasteiger partial charge on any atom is -0.507 e. The van der Waals surface area contributed by atoms with E-state index in [1.165, 1.54) is 18.2 Å². The fourth-order valence-corrected chi connectivity index (χ4v) is 2.83. The molecule has 0 aliphatic rings. The van der Waals surface area contributed by atoms with E-state index in [4.69, 9.17) is 9.47 Å². The first-order valence-corrected chi connectivity index (χ1v) is 11.8. The quantitative estimate of drug-likeness (QED) is 0.221. The van der Waals surface area contributed by atoms with Gasteiger partial charge in [0.15, 0.2) is 0 Å². The van der Waals surface area contributed by atoms with Crippen LogP contribution in [0, 0.1) is 5.41 Å². The van der Waals surface area contributed by atoms with E-state index in [0.29, 0.717) is 6.54 Å². The maximum Gasteiger partial charge on any atom is 0.407 e. The molecule has 1 aromatic heterocycles.